The van der Waals surface area contributed by atoms with Crippen LogP contribution < -0.4 is 10.4 Å². The molecule has 1 saturated heterocycles. The topological polar surface area (TPSA) is 9.23 Å². The smallest absolute Gasteiger partial charge is 0.261 e. The first kappa shape index (κ1) is 36.1. The molecular weight excluding hydrogens is 1340 g/mol. The van der Waals surface area contributed by atoms with Crippen molar-refractivity contribution in [1.29, 1.82) is 0 Å². The van der Waals surface area contributed by atoms with Gasteiger partial charge in [0.25, 0.3) is 8.32 Å². The van der Waals surface area contributed by atoms with Crippen LogP contribution in [0.15, 0.2) is 102 Å². The standard InChI is InChI=1S/C28H14Br12OSi/c29-12-4-16(33)24(17(34)5-12)28(25-18(35)6-13(30)7-19(25)36)2-1-3-42(41-28,26-20(37)8-14(31)9-21(26)38)27-22(39)10-15(32)11-23(27)40/h4-11H,1-3H2. The van der Waals surface area contributed by atoms with E-state index in [0.717, 1.165) is 94.1 Å². The average Bonchev–Trinajstić information content (AvgIpc) is 2.81. The Morgan fingerprint density at radius 1 is 0.452 bits per heavy atom. The molecule has 0 saturated carbocycles. The van der Waals surface area contributed by atoms with E-state index in [2.05, 4.69) is 240 Å². The number of hydrogen-bond donors (Lipinski definition) is 0. The number of hydrogen-bond acceptors (Lipinski definition) is 1. The SMILES string of the molecule is Brc1cc(Br)c(C2(c3c(Br)cc(Br)cc3Br)CCC[Si](c3c(Br)cc(Br)cc3Br)(c3c(Br)cc(Br)cc3Br)O2)c(Br)c1. The Balaban J connectivity index is 1.97. The van der Waals surface area contributed by atoms with Crippen molar-refractivity contribution in [3.63, 3.8) is 0 Å². The van der Waals surface area contributed by atoms with E-state index in [0.29, 0.717) is 0 Å². The van der Waals surface area contributed by atoms with Gasteiger partial charge in [0.15, 0.2) is 0 Å². The van der Waals surface area contributed by atoms with E-state index >= 15 is 0 Å². The third-order valence-corrected chi connectivity index (χ3v) is 19.8. The van der Waals surface area contributed by atoms with Gasteiger partial charge in [-0.1, -0.05) is 191 Å². The van der Waals surface area contributed by atoms with E-state index in [1.807, 2.05) is 0 Å². The van der Waals surface area contributed by atoms with Gasteiger partial charge in [-0.2, -0.15) is 0 Å². The zero-order chi connectivity index (χ0) is 30.7. The van der Waals surface area contributed by atoms with Crippen LogP contribution in [0.4, 0.5) is 0 Å². The molecule has 5 rings (SSSR count). The fraction of sp³-hybridized carbons (Fsp3) is 0.143. The molecule has 0 spiro atoms. The molecule has 0 amide bonds. The largest absolute Gasteiger partial charge is 0.394 e. The predicted octanol–water partition coefficient (Wildman–Crippen LogP) is 14.7. The van der Waals surface area contributed by atoms with Gasteiger partial charge in [0.1, 0.15) is 5.60 Å². The van der Waals surface area contributed by atoms with Gasteiger partial charge in [-0.25, -0.2) is 0 Å². The summed E-state index contributed by atoms with van der Waals surface area (Å²) < 4.78 is 19.6. The average molecular weight is 1350 g/mol. The van der Waals surface area contributed by atoms with Crippen molar-refractivity contribution in [2.24, 2.45) is 0 Å². The minimum atomic E-state index is -3.11. The second-order valence-electron chi connectivity index (χ2n) is 9.59. The Morgan fingerprint density at radius 3 is 1.05 bits per heavy atom. The highest BCUT2D eigenvalue weighted by atomic mass is 79.9. The molecule has 4 aromatic carbocycles. The van der Waals surface area contributed by atoms with Crippen LogP contribution in [-0.4, -0.2) is 8.32 Å². The summed E-state index contributed by atoms with van der Waals surface area (Å²) >= 11 is 46.4. The molecule has 4 aromatic rings. The summed E-state index contributed by atoms with van der Waals surface area (Å²) in [5, 5.41) is 2.26. The van der Waals surface area contributed by atoms with Crippen LogP contribution in [0.3, 0.4) is 0 Å². The molecule has 0 N–H and O–H groups in total. The Morgan fingerprint density at radius 2 is 0.738 bits per heavy atom. The summed E-state index contributed by atoms with van der Waals surface area (Å²) in [4.78, 5) is 0. The molecule has 0 unspecified atom stereocenters. The lowest BCUT2D eigenvalue weighted by Gasteiger charge is -2.50. The maximum atomic E-state index is 8.05. The molecule has 1 nitrogen and oxygen atoms in total. The van der Waals surface area contributed by atoms with Crippen molar-refractivity contribution in [3.8, 4) is 0 Å². The number of rotatable bonds is 4. The zero-order valence-corrected chi connectivity index (χ0v) is 40.7. The molecular formula is C28H14Br12OSi. The molecule has 14 heteroatoms. The first-order valence-corrected chi connectivity index (χ1v) is 23.6. The Labute approximate surface area is 346 Å². The van der Waals surface area contributed by atoms with Gasteiger partial charge in [-0.15, -0.1) is 0 Å². The molecule has 1 fully saturated rings. The van der Waals surface area contributed by atoms with E-state index < -0.39 is 13.9 Å². The molecule has 1 aliphatic heterocycles. The van der Waals surface area contributed by atoms with Gasteiger partial charge < -0.3 is 4.43 Å². The number of benzene rings is 4. The van der Waals surface area contributed by atoms with Crippen LogP contribution in [0, 0.1) is 0 Å². The minimum absolute atomic E-state index is 0.761. The minimum Gasteiger partial charge on any atom is -0.394 e. The Bertz CT molecular complexity index is 1410. The molecule has 1 aliphatic rings. The fourth-order valence-corrected chi connectivity index (χ4v) is 24.3. The first-order valence-electron chi connectivity index (χ1n) is 12.0. The lowest BCUT2D eigenvalue weighted by atomic mass is 9.82. The van der Waals surface area contributed by atoms with Crippen LogP contribution in [-0.2, 0) is 10.0 Å². The van der Waals surface area contributed by atoms with E-state index in [-0.39, 0.29) is 0 Å². The van der Waals surface area contributed by atoms with Crippen molar-refractivity contribution in [2.45, 2.75) is 24.5 Å². The zero-order valence-electron chi connectivity index (χ0n) is 20.7. The Kier molecular flexibility index (Phi) is 12.3. The van der Waals surface area contributed by atoms with Crippen molar-refractivity contribution in [1.82, 2.24) is 0 Å². The summed E-state index contributed by atoms with van der Waals surface area (Å²) in [5.74, 6) is 0. The van der Waals surface area contributed by atoms with Crippen LogP contribution in [0.5, 0.6) is 0 Å². The number of halogens is 12. The maximum Gasteiger partial charge on any atom is 0.261 e. The predicted molar refractivity (Wildman–Crippen MR) is 219 cm³/mol. The third-order valence-electron chi connectivity index (χ3n) is 7.05. The maximum absolute atomic E-state index is 8.05. The van der Waals surface area contributed by atoms with Crippen LogP contribution in [0.2, 0.25) is 6.04 Å². The van der Waals surface area contributed by atoms with Gasteiger partial charge in [-0.3, -0.25) is 0 Å². The second-order valence-corrected chi connectivity index (χ2v) is 23.4. The molecule has 220 valence electrons. The first-order chi connectivity index (χ1) is 19.7. The highest BCUT2D eigenvalue weighted by molar-refractivity contribution is 9.13. The monoisotopic (exact) mass is 1340 g/mol. The van der Waals surface area contributed by atoms with Crippen molar-refractivity contribution in [2.75, 3.05) is 0 Å². The second kappa shape index (κ2) is 14.4. The van der Waals surface area contributed by atoms with Crippen molar-refractivity contribution < 1.29 is 4.43 Å². The lowest BCUT2D eigenvalue weighted by Crippen LogP contribution is -2.67. The van der Waals surface area contributed by atoms with Gasteiger partial charge in [-0.05, 0) is 67.4 Å². The van der Waals surface area contributed by atoms with Crippen LogP contribution in [0.1, 0.15) is 24.0 Å². The molecule has 0 aliphatic carbocycles. The van der Waals surface area contributed by atoms with E-state index in [4.69, 9.17) is 4.43 Å². The van der Waals surface area contributed by atoms with Crippen LogP contribution in [0.25, 0.3) is 0 Å². The summed E-state index contributed by atoms with van der Waals surface area (Å²) in [6, 6.07) is 17.6. The van der Waals surface area contributed by atoms with Gasteiger partial charge >= 0.3 is 0 Å². The summed E-state index contributed by atoms with van der Waals surface area (Å²) in [5.41, 5.74) is 1.19. The Hall–Kier alpha value is 2.82. The van der Waals surface area contributed by atoms with Crippen molar-refractivity contribution in [3.05, 3.63) is 113 Å². The highest BCUT2D eigenvalue weighted by Crippen LogP contribution is 2.55. The molecule has 0 atom stereocenters. The normalized spacial score (nSPS) is 16.1. The molecule has 0 aromatic heterocycles. The highest BCUT2D eigenvalue weighted by Gasteiger charge is 2.56. The molecule has 1 heterocycles. The van der Waals surface area contributed by atoms with Crippen molar-refractivity contribution >= 4 is 210 Å². The van der Waals surface area contributed by atoms with Gasteiger partial charge in [0.2, 0.25) is 0 Å². The van der Waals surface area contributed by atoms with Gasteiger partial charge in [0, 0.05) is 75.2 Å². The molecule has 0 radical (unpaired) electrons. The third kappa shape index (κ3) is 6.81. The van der Waals surface area contributed by atoms with E-state index in [1.54, 1.807) is 0 Å². The van der Waals surface area contributed by atoms with E-state index in [1.165, 1.54) is 0 Å². The van der Waals surface area contributed by atoms with Crippen LogP contribution >= 0.6 is 191 Å². The summed E-state index contributed by atoms with van der Waals surface area (Å²) in [6.07, 6.45) is 1.68. The van der Waals surface area contributed by atoms with Gasteiger partial charge in [0.05, 0.1) is 0 Å². The fourth-order valence-electron chi connectivity index (χ4n) is 5.65. The molecule has 0 bridgehead atoms. The summed E-state index contributed by atoms with van der Waals surface area (Å²) in [6.45, 7) is 0. The lowest BCUT2D eigenvalue weighted by molar-refractivity contribution is 0.0743. The quantitative estimate of drug-likeness (QED) is 0.185. The molecule has 42 heavy (non-hydrogen) atoms. The summed E-state index contributed by atoms with van der Waals surface area (Å²) in [7, 11) is -3.11. The van der Waals surface area contributed by atoms with E-state index in [9.17, 15) is 0 Å².